The zero-order valence-corrected chi connectivity index (χ0v) is 15.1. The molecule has 1 aromatic heterocycles. The van der Waals surface area contributed by atoms with Crippen LogP contribution < -0.4 is 0 Å². The second-order valence-electron chi connectivity index (χ2n) is 6.35. The molecule has 0 radical (unpaired) electrons. The fourth-order valence-corrected chi connectivity index (χ4v) is 3.22. The summed E-state index contributed by atoms with van der Waals surface area (Å²) in [7, 11) is 0. The monoisotopic (exact) mass is 389 g/mol. The van der Waals surface area contributed by atoms with E-state index >= 15 is 0 Å². The number of rotatable bonds is 4. The molecule has 0 amide bonds. The second kappa shape index (κ2) is 7.64. The highest BCUT2D eigenvalue weighted by Crippen LogP contribution is 2.25. The zero-order valence-electron chi connectivity index (χ0n) is 15.1. The fourth-order valence-electron chi connectivity index (χ4n) is 3.22. The lowest BCUT2D eigenvalue weighted by atomic mass is 10.0. The summed E-state index contributed by atoms with van der Waals surface area (Å²) in [4.78, 5) is 4.31. The molecule has 0 N–H and O–H groups in total. The molecular weight excluding hydrogens is 375 g/mol. The molecule has 0 fully saturated rings. The standard InChI is InChI=1S/C23H14F3N3/c24-13-22-28-20-6-1-2-7-21(20)29(22)17-10-8-15(9-11-17)12-16(14-27)18-4-3-5-19(25)23(18)26/h1-12H,13H2/b16-12+. The van der Waals surface area contributed by atoms with E-state index in [4.69, 9.17) is 0 Å². The zero-order chi connectivity index (χ0) is 20.4. The molecule has 6 heteroatoms. The molecule has 3 nitrogen and oxygen atoms in total. The van der Waals surface area contributed by atoms with Crippen LogP contribution in [0.1, 0.15) is 17.0 Å². The summed E-state index contributed by atoms with van der Waals surface area (Å²) in [6.07, 6.45) is 1.48. The van der Waals surface area contributed by atoms with Crippen molar-refractivity contribution in [2.75, 3.05) is 0 Å². The molecule has 142 valence electrons. The molecule has 29 heavy (non-hydrogen) atoms. The van der Waals surface area contributed by atoms with Crippen molar-refractivity contribution in [2.45, 2.75) is 6.67 Å². The molecule has 0 saturated carbocycles. The van der Waals surface area contributed by atoms with Gasteiger partial charge in [0.15, 0.2) is 11.6 Å². The summed E-state index contributed by atoms with van der Waals surface area (Å²) >= 11 is 0. The van der Waals surface area contributed by atoms with Crippen LogP contribution in [-0.4, -0.2) is 9.55 Å². The third-order valence-corrected chi connectivity index (χ3v) is 4.57. The molecule has 4 aromatic rings. The molecule has 0 aliphatic carbocycles. The Morgan fingerprint density at radius 2 is 1.76 bits per heavy atom. The van der Waals surface area contributed by atoms with Crippen LogP contribution in [0.25, 0.3) is 28.4 Å². The van der Waals surface area contributed by atoms with Gasteiger partial charge in [-0.25, -0.2) is 18.2 Å². The maximum atomic E-state index is 14.0. The normalized spacial score (nSPS) is 11.6. The number of fused-ring (bicyclic) bond motifs is 1. The quantitative estimate of drug-likeness (QED) is 0.325. The number of halogens is 3. The van der Waals surface area contributed by atoms with Crippen molar-refractivity contribution in [1.82, 2.24) is 9.55 Å². The molecule has 3 aromatic carbocycles. The fraction of sp³-hybridized carbons (Fsp3) is 0.0435. The van der Waals surface area contributed by atoms with Gasteiger partial charge in [-0.3, -0.25) is 4.57 Å². The van der Waals surface area contributed by atoms with Gasteiger partial charge in [-0.05, 0) is 42.0 Å². The van der Waals surface area contributed by atoms with E-state index in [0.717, 1.165) is 11.6 Å². The van der Waals surface area contributed by atoms with Crippen LogP contribution in [0.5, 0.6) is 0 Å². The largest absolute Gasteiger partial charge is 0.294 e. The topological polar surface area (TPSA) is 41.6 Å². The number of imidazole rings is 1. The van der Waals surface area contributed by atoms with Gasteiger partial charge in [0.1, 0.15) is 12.5 Å². The average Bonchev–Trinajstić information content (AvgIpc) is 3.13. The number of allylic oxidation sites excluding steroid dienone is 1. The van der Waals surface area contributed by atoms with E-state index in [0.29, 0.717) is 16.8 Å². The lowest BCUT2D eigenvalue weighted by Gasteiger charge is -2.08. The number of hydrogen-bond acceptors (Lipinski definition) is 2. The maximum Gasteiger partial charge on any atom is 0.167 e. The summed E-state index contributed by atoms with van der Waals surface area (Å²) < 4.78 is 42.7. The summed E-state index contributed by atoms with van der Waals surface area (Å²) in [5.41, 5.74) is 2.71. The predicted octanol–water partition coefficient (Wildman–Crippen LogP) is 5.84. The minimum atomic E-state index is -1.06. The Hall–Kier alpha value is -3.85. The molecular formula is C23H14F3N3. The first-order valence-electron chi connectivity index (χ1n) is 8.81. The third-order valence-electron chi connectivity index (χ3n) is 4.57. The van der Waals surface area contributed by atoms with Crippen molar-refractivity contribution < 1.29 is 13.2 Å². The number of para-hydroxylation sites is 2. The molecule has 0 saturated heterocycles. The molecule has 1 heterocycles. The number of alkyl halides is 1. The number of nitriles is 1. The van der Waals surface area contributed by atoms with Gasteiger partial charge in [0.05, 0.1) is 22.7 Å². The van der Waals surface area contributed by atoms with E-state index in [9.17, 15) is 18.4 Å². The molecule has 4 rings (SSSR count). The van der Waals surface area contributed by atoms with Gasteiger partial charge in [0, 0.05) is 11.3 Å². The van der Waals surface area contributed by atoms with Crippen LogP contribution in [0.4, 0.5) is 13.2 Å². The summed E-state index contributed by atoms with van der Waals surface area (Å²) in [5.74, 6) is -1.78. The minimum absolute atomic E-state index is 0.00674. The van der Waals surface area contributed by atoms with Crippen molar-refractivity contribution in [1.29, 1.82) is 5.26 Å². The number of benzene rings is 3. The Balaban J connectivity index is 1.75. The highest BCUT2D eigenvalue weighted by Gasteiger charge is 2.13. The van der Waals surface area contributed by atoms with Gasteiger partial charge in [-0.15, -0.1) is 0 Å². The van der Waals surface area contributed by atoms with Crippen LogP contribution >= 0.6 is 0 Å². The Kier molecular flexibility index (Phi) is 4.88. The molecule has 0 unspecified atom stereocenters. The molecule has 0 aliphatic heterocycles. The number of aromatic nitrogens is 2. The molecule has 0 bridgehead atoms. The Bertz CT molecular complexity index is 1270. The smallest absolute Gasteiger partial charge is 0.167 e. The maximum absolute atomic E-state index is 14.0. The van der Waals surface area contributed by atoms with Crippen molar-refractivity contribution in [3.8, 4) is 11.8 Å². The Morgan fingerprint density at radius 3 is 2.48 bits per heavy atom. The highest BCUT2D eigenvalue weighted by atomic mass is 19.2. The molecule has 0 aliphatic rings. The number of nitrogens with zero attached hydrogens (tertiary/aromatic N) is 3. The average molecular weight is 389 g/mol. The lowest BCUT2D eigenvalue weighted by Crippen LogP contribution is -1.99. The van der Waals surface area contributed by atoms with Gasteiger partial charge in [0.2, 0.25) is 0 Å². The third kappa shape index (κ3) is 3.39. The van der Waals surface area contributed by atoms with E-state index in [1.807, 2.05) is 30.3 Å². The van der Waals surface area contributed by atoms with Crippen LogP contribution in [0.15, 0.2) is 66.7 Å². The van der Waals surface area contributed by atoms with Gasteiger partial charge < -0.3 is 0 Å². The minimum Gasteiger partial charge on any atom is -0.294 e. The first kappa shape index (κ1) is 18.5. The summed E-state index contributed by atoms with van der Waals surface area (Å²) in [6.45, 7) is -0.715. The SMILES string of the molecule is N#C/C(=C\c1ccc(-n2c(CF)nc3ccccc32)cc1)c1cccc(F)c1F. The van der Waals surface area contributed by atoms with Crippen molar-refractivity contribution in [3.05, 3.63) is 95.3 Å². The Morgan fingerprint density at radius 1 is 1.00 bits per heavy atom. The second-order valence-corrected chi connectivity index (χ2v) is 6.35. The van der Waals surface area contributed by atoms with Crippen LogP contribution in [0, 0.1) is 23.0 Å². The molecule has 0 atom stereocenters. The van der Waals surface area contributed by atoms with Crippen LogP contribution in [0.2, 0.25) is 0 Å². The first-order chi connectivity index (χ1) is 14.1. The first-order valence-corrected chi connectivity index (χ1v) is 8.81. The van der Waals surface area contributed by atoms with Crippen LogP contribution in [-0.2, 0) is 6.67 Å². The van der Waals surface area contributed by atoms with Crippen molar-refractivity contribution >= 4 is 22.7 Å². The van der Waals surface area contributed by atoms with Gasteiger partial charge >= 0.3 is 0 Å². The van der Waals surface area contributed by atoms with Gasteiger partial charge in [0.25, 0.3) is 0 Å². The van der Waals surface area contributed by atoms with Crippen LogP contribution in [0.3, 0.4) is 0 Å². The van der Waals surface area contributed by atoms with Crippen molar-refractivity contribution in [3.63, 3.8) is 0 Å². The van der Waals surface area contributed by atoms with E-state index in [1.165, 1.54) is 18.2 Å². The highest BCUT2D eigenvalue weighted by molar-refractivity contribution is 5.90. The van der Waals surface area contributed by atoms with E-state index in [-0.39, 0.29) is 17.0 Å². The van der Waals surface area contributed by atoms with E-state index < -0.39 is 18.3 Å². The summed E-state index contributed by atoms with van der Waals surface area (Å²) in [5, 5.41) is 9.39. The number of hydrogen-bond donors (Lipinski definition) is 0. The van der Waals surface area contributed by atoms with Gasteiger partial charge in [-0.1, -0.05) is 36.4 Å². The lowest BCUT2D eigenvalue weighted by molar-refractivity contribution is 0.462. The van der Waals surface area contributed by atoms with Crippen molar-refractivity contribution in [2.24, 2.45) is 0 Å². The Labute approximate surface area is 165 Å². The predicted molar refractivity (Wildman–Crippen MR) is 106 cm³/mol. The molecule has 0 spiro atoms. The van der Waals surface area contributed by atoms with Gasteiger partial charge in [-0.2, -0.15) is 5.26 Å². The van der Waals surface area contributed by atoms with E-state index in [2.05, 4.69) is 4.98 Å². The van der Waals surface area contributed by atoms with E-state index in [1.54, 1.807) is 28.8 Å². The summed E-state index contributed by atoms with van der Waals surface area (Å²) in [6, 6.07) is 19.9.